The number of carbonyl (C=O) groups is 2. The van der Waals surface area contributed by atoms with Crippen molar-refractivity contribution < 1.29 is 23.8 Å². The Morgan fingerprint density at radius 2 is 1.73 bits per heavy atom. The van der Waals surface area contributed by atoms with E-state index in [1.165, 1.54) is 4.90 Å². The number of ether oxygens (including phenoxy) is 3. The summed E-state index contributed by atoms with van der Waals surface area (Å²) in [6.07, 6.45) is 0. The Kier molecular flexibility index (Phi) is 5.23. The van der Waals surface area contributed by atoms with Crippen molar-refractivity contribution in [3.05, 3.63) is 59.2 Å². The van der Waals surface area contributed by atoms with Crippen LogP contribution in [0.25, 0.3) is 0 Å². The minimum absolute atomic E-state index is 0.296. The highest BCUT2D eigenvalue weighted by atomic mass is 16.5. The zero-order chi connectivity index (χ0) is 18.7. The first-order chi connectivity index (χ1) is 12.5. The van der Waals surface area contributed by atoms with Gasteiger partial charge in [-0.1, -0.05) is 12.1 Å². The van der Waals surface area contributed by atoms with Crippen LogP contribution in [-0.4, -0.2) is 43.6 Å². The van der Waals surface area contributed by atoms with Crippen LogP contribution in [0, 0.1) is 0 Å². The van der Waals surface area contributed by atoms with Gasteiger partial charge >= 0.3 is 0 Å². The Morgan fingerprint density at radius 1 is 0.962 bits per heavy atom. The number of hydrogen-bond acceptors (Lipinski definition) is 5. The minimum atomic E-state index is -0.325. The molecule has 1 heterocycles. The highest BCUT2D eigenvalue weighted by molar-refractivity contribution is 6.21. The summed E-state index contributed by atoms with van der Waals surface area (Å²) < 4.78 is 16.0. The van der Waals surface area contributed by atoms with Gasteiger partial charge in [-0.05, 0) is 42.8 Å². The summed E-state index contributed by atoms with van der Waals surface area (Å²) in [5.41, 5.74) is 1.70. The minimum Gasteiger partial charge on any atom is -0.497 e. The molecule has 136 valence electrons. The third-order valence-electron chi connectivity index (χ3n) is 4.28. The maximum Gasteiger partial charge on any atom is 0.262 e. The Labute approximate surface area is 152 Å². The number of carbonyl (C=O) groups excluding carboxylic acids is 2. The van der Waals surface area contributed by atoms with E-state index in [4.69, 9.17) is 14.2 Å². The van der Waals surface area contributed by atoms with E-state index in [0.29, 0.717) is 30.1 Å². The van der Waals surface area contributed by atoms with Gasteiger partial charge < -0.3 is 14.2 Å². The lowest BCUT2D eigenvalue weighted by Gasteiger charge is -2.21. The molecule has 0 saturated heterocycles. The zero-order valence-electron chi connectivity index (χ0n) is 15.0. The standard InChI is InChI=1S/C20H21NO5/c1-13(11-24-2)21-19(22)17-8-7-16(10-18(17)20(21)23)26-12-14-5-4-6-15(9-14)25-3/h4-10,13H,11-12H2,1-3H3/t13-/m0/s1. The lowest BCUT2D eigenvalue weighted by Crippen LogP contribution is -2.40. The number of imide groups is 1. The highest BCUT2D eigenvalue weighted by Gasteiger charge is 2.38. The molecule has 0 aliphatic carbocycles. The van der Waals surface area contributed by atoms with Crippen LogP contribution in [0.2, 0.25) is 0 Å². The van der Waals surface area contributed by atoms with E-state index in [0.717, 1.165) is 11.3 Å². The summed E-state index contributed by atoms with van der Waals surface area (Å²) in [6, 6.07) is 12.2. The summed E-state index contributed by atoms with van der Waals surface area (Å²) in [7, 11) is 3.15. The molecule has 2 aromatic rings. The molecule has 3 rings (SSSR count). The average Bonchev–Trinajstić information content (AvgIpc) is 2.90. The monoisotopic (exact) mass is 355 g/mol. The Hall–Kier alpha value is -2.86. The molecule has 6 nitrogen and oxygen atoms in total. The van der Waals surface area contributed by atoms with Crippen molar-refractivity contribution in [2.24, 2.45) is 0 Å². The number of fused-ring (bicyclic) bond motifs is 1. The number of hydrogen-bond donors (Lipinski definition) is 0. The lowest BCUT2D eigenvalue weighted by atomic mass is 10.1. The predicted molar refractivity (Wildman–Crippen MR) is 95.6 cm³/mol. The number of rotatable bonds is 7. The zero-order valence-corrected chi connectivity index (χ0v) is 15.0. The van der Waals surface area contributed by atoms with Crippen molar-refractivity contribution >= 4 is 11.8 Å². The number of nitrogens with zero attached hydrogens (tertiary/aromatic N) is 1. The molecule has 0 unspecified atom stereocenters. The Bertz CT molecular complexity index is 833. The fourth-order valence-electron chi connectivity index (χ4n) is 2.97. The number of methoxy groups -OCH3 is 2. The summed E-state index contributed by atoms with van der Waals surface area (Å²) in [5.74, 6) is 0.674. The molecule has 0 saturated carbocycles. The maximum atomic E-state index is 12.6. The maximum absolute atomic E-state index is 12.6. The van der Waals surface area contributed by atoms with Crippen LogP contribution in [-0.2, 0) is 11.3 Å². The molecule has 0 aromatic heterocycles. The summed E-state index contributed by atoms with van der Waals surface area (Å²) in [4.78, 5) is 26.3. The smallest absolute Gasteiger partial charge is 0.262 e. The molecule has 1 aliphatic heterocycles. The van der Waals surface area contributed by atoms with Crippen molar-refractivity contribution in [3.63, 3.8) is 0 Å². The molecule has 0 N–H and O–H groups in total. The molecule has 2 aromatic carbocycles. The average molecular weight is 355 g/mol. The third-order valence-corrected chi connectivity index (χ3v) is 4.28. The van der Waals surface area contributed by atoms with Gasteiger partial charge in [0.2, 0.25) is 0 Å². The number of benzene rings is 2. The van der Waals surface area contributed by atoms with Gasteiger partial charge in [0, 0.05) is 7.11 Å². The fraction of sp³-hybridized carbons (Fsp3) is 0.300. The number of amides is 2. The quantitative estimate of drug-likeness (QED) is 0.715. The van der Waals surface area contributed by atoms with Crippen LogP contribution in [0.15, 0.2) is 42.5 Å². The SMILES string of the molecule is COC[C@H](C)N1C(=O)c2ccc(OCc3cccc(OC)c3)cc2C1=O. The Balaban J connectivity index is 1.76. The summed E-state index contributed by atoms with van der Waals surface area (Å²) in [5, 5.41) is 0. The van der Waals surface area contributed by atoms with Crippen LogP contribution >= 0.6 is 0 Å². The van der Waals surface area contributed by atoms with Gasteiger partial charge in [-0.25, -0.2) is 0 Å². The van der Waals surface area contributed by atoms with Crippen LogP contribution in [0.3, 0.4) is 0 Å². The van der Waals surface area contributed by atoms with Gasteiger partial charge in [0.15, 0.2) is 0 Å². The molecular formula is C20H21NO5. The highest BCUT2D eigenvalue weighted by Crippen LogP contribution is 2.29. The lowest BCUT2D eigenvalue weighted by molar-refractivity contribution is 0.0497. The molecule has 1 aliphatic rings. The summed E-state index contributed by atoms with van der Waals surface area (Å²) in [6.45, 7) is 2.41. The normalized spacial score (nSPS) is 14.3. The fourth-order valence-corrected chi connectivity index (χ4v) is 2.97. The molecule has 0 bridgehead atoms. The first-order valence-corrected chi connectivity index (χ1v) is 8.31. The van der Waals surface area contributed by atoms with Gasteiger partial charge in [0.25, 0.3) is 11.8 Å². The van der Waals surface area contributed by atoms with Gasteiger partial charge in [-0.15, -0.1) is 0 Å². The third kappa shape index (κ3) is 3.41. The first-order valence-electron chi connectivity index (χ1n) is 8.31. The predicted octanol–water partition coefficient (Wildman–Crippen LogP) is 2.91. The van der Waals surface area contributed by atoms with Crippen LogP contribution in [0.1, 0.15) is 33.2 Å². The van der Waals surface area contributed by atoms with Gasteiger partial charge in [0.05, 0.1) is 30.9 Å². The van der Waals surface area contributed by atoms with E-state index in [-0.39, 0.29) is 17.9 Å². The molecule has 6 heteroatoms. The van der Waals surface area contributed by atoms with Gasteiger partial charge in [-0.2, -0.15) is 0 Å². The van der Waals surface area contributed by atoms with Gasteiger partial charge in [-0.3, -0.25) is 14.5 Å². The largest absolute Gasteiger partial charge is 0.497 e. The molecule has 1 atom stereocenters. The van der Waals surface area contributed by atoms with Crippen molar-refractivity contribution in [2.75, 3.05) is 20.8 Å². The first kappa shape index (κ1) is 17.9. The van der Waals surface area contributed by atoms with E-state index in [2.05, 4.69) is 0 Å². The van der Waals surface area contributed by atoms with Crippen molar-refractivity contribution in [1.82, 2.24) is 4.90 Å². The molecule has 0 radical (unpaired) electrons. The Morgan fingerprint density at radius 3 is 2.46 bits per heavy atom. The second kappa shape index (κ2) is 7.58. The molecular weight excluding hydrogens is 334 g/mol. The van der Waals surface area contributed by atoms with E-state index >= 15 is 0 Å². The molecule has 2 amide bonds. The van der Waals surface area contributed by atoms with Crippen LogP contribution in [0.4, 0.5) is 0 Å². The van der Waals surface area contributed by atoms with Crippen LogP contribution in [0.5, 0.6) is 11.5 Å². The van der Waals surface area contributed by atoms with Crippen molar-refractivity contribution in [1.29, 1.82) is 0 Å². The second-order valence-electron chi connectivity index (χ2n) is 6.13. The molecule has 0 spiro atoms. The van der Waals surface area contributed by atoms with Gasteiger partial charge in [0.1, 0.15) is 18.1 Å². The van der Waals surface area contributed by atoms with Crippen molar-refractivity contribution in [3.8, 4) is 11.5 Å². The van der Waals surface area contributed by atoms with E-state index in [9.17, 15) is 9.59 Å². The van der Waals surface area contributed by atoms with E-state index < -0.39 is 0 Å². The molecule has 0 fully saturated rings. The topological polar surface area (TPSA) is 65.1 Å². The van der Waals surface area contributed by atoms with Crippen LogP contribution < -0.4 is 9.47 Å². The summed E-state index contributed by atoms with van der Waals surface area (Å²) >= 11 is 0. The molecule has 26 heavy (non-hydrogen) atoms. The second-order valence-corrected chi connectivity index (χ2v) is 6.13. The van der Waals surface area contributed by atoms with Crippen molar-refractivity contribution in [2.45, 2.75) is 19.6 Å². The van der Waals surface area contributed by atoms with E-state index in [1.807, 2.05) is 24.3 Å². The van der Waals surface area contributed by atoms with E-state index in [1.54, 1.807) is 39.3 Å².